The lowest BCUT2D eigenvalue weighted by Crippen LogP contribution is -2.09. The van der Waals surface area contributed by atoms with Crippen molar-refractivity contribution in [3.8, 4) is 5.75 Å². The van der Waals surface area contributed by atoms with E-state index in [9.17, 15) is 4.79 Å². The predicted molar refractivity (Wildman–Crippen MR) is 52.7 cm³/mol. The number of carbonyl (C=O) groups excluding carboxylic acids is 1. The fourth-order valence-electron chi connectivity index (χ4n) is 1.05. The summed E-state index contributed by atoms with van der Waals surface area (Å²) in [5.41, 5.74) is 1.59. The lowest BCUT2D eigenvalue weighted by Gasteiger charge is -2.13. The molecular formula is C10H13NO2. The molecular weight excluding hydrogens is 166 g/mol. The SMILES string of the molecule is COc1cc(C=O)cc(N(C)C)c1. The molecule has 13 heavy (non-hydrogen) atoms. The van der Waals surface area contributed by atoms with Crippen molar-refractivity contribution >= 4 is 12.0 Å². The van der Waals surface area contributed by atoms with Crippen molar-refractivity contribution in [2.24, 2.45) is 0 Å². The Morgan fingerprint density at radius 2 is 2.00 bits per heavy atom. The number of hydrogen-bond acceptors (Lipinski definition) is 3. The molecule has 3 nitrogen and oxygen atoms in total. The average molecular weight is 179 g/mol. The van der Waals surface area contributed by atoms with Gasteiger partial charge in [0.15, 0.2) is 0 Å². The van der Waals surface area contributed by atoms with E-state index in [1.54, 1.807) is 13.2 Å². The largest absolute Gasteiger partial charge is 0.497 e. The molecule has 0 bridgehead atoms. The second kappa shape index (κ2) is 3.94. The van der Waals surface area contributed by atoms with Crippen LogP contribution in [0.15, 0.2) is 18.2 Å². The van der Waals surface area contributed by atoms with Crippen LogP contribution in [-0.4, -0.2) is 27.5 Å². The van der Waals surface area contributed by atoms with Crippen LogP contribution in [0.4, 0.5) is 5.69 Å². The molecule has 70 valence electrons. The van der Waals surface area contributed by atoms with E-state index in [1.165, 1.54) is 0 Å². The van der Waals surface area contributed by atoms with Crippen molar-refractivity contribution in [3.05, 3.63) is 23.8 Å². The fourth-order valence-corrected chi connectivity index (χ4v) is 1.05. The van der Waals surface area contributed by atoms with E-state index in [2.05, 4.69) is 0 Å². The van der Waals surface area contributed by atoms with Crippen LogP contribution in [0.1, 0.15) is 10.4 Å². The molecule has 0 atom stereocenters. The van der Waals surface area contributed by atoms with Crippen LogP contribution in [0.5, 0.6) is 5.75 Å². The third-order valence-corrected chi connectivity index (χ3v) is 1.80. The Labute approximate surface area is 77.9 Å². The van der Waals surface area contributed by atoms with Gasteiger partial charge in [-0.15, -0.1) is 0 Å². The smallest absolute Gasteiger partial charge is 0.150 e. The molecule has 3 heteroatoms. The highest BCUT2D eigenvalue weighted by Crippen LogP contribution is 2.21. The summed E-state index contributed by atoms with van der Waals surface area (Å²) in [5.74, 6) is 0.702. The average Bonchev–Trinajstić information content (AvgIpc) is 2.16. The van der Waals surface area contributed by atoms with Crippen molar-refractivity contribution in [2.45, 2.75) is 0 Å². The van der Waals surface area contributed by atoms with Gasteiger partial charge in [0.05, 0.1) is 7.11 Å². The molecule has 0 aliphatic heterocycles. The molecule has 0 N–H and O–H groups in total. The number of anilines is 1. The number of nitrogens with zero attached hydrogens (tertiary/aromatic N) is 1. The van der Waals surface area contributed by atoms with Gasteiger partial charge in [-0.3, -0.25) is 4.79 Å². The van der Waals surface area contributed by atoms with E-state index in [4.69, 9.17) is 4.74 Å². The van der Waals surface area contributed by atoms with Gasteiger partial charge in [-0.1, -0.05) is 0 Å². The Morgan fingerprint density at radius 1 is 1.31 bits per heavy atom. The first-order valence-corrected chi connectivity index (χ1v) is 3.99. The topological polar surface area (TPSA) is 29.5 Å². The van der Waals surface area contributed by atoms with E-state index in [1.807, 2.05) is 31.1 Å². The van der Waals surface area contributed by atoms with Gasteiger partial charge in [0.1, 0.15) is 12.0 Å². The molecule has 0 fully saturated rings. The molecule has 0 saturated heterocycles. The van der Waals surface area contributed by atoms with E-state index in [0.29, 0.717) is 11.3 Å². The molecule has 0 amide bonds. The number of aldehydes is 1. The summed E-state index contributed by atoms with van der Waals surface area (Å²) in [6.07, 6.45) is 0.815. The van der Waals surface area contributed by atoms with E-state index < -0.39 is 0 Å². The van der Waals surface area contributed by atoms with Gasteiger partial charge in [-0.05, 0) is 12.1 Å². The molecule has 0 radical (unpaired) electrons. The van der Waals surface area contributed by atoms with Crippen LogP contribution < -0.4 is 9.64 Å². The minimum Gasteiger partial charge on any atom is -0.497 e. The van der Waals surface area contributed by atoms with Crippen LogP contribution in [0.25, 0.3) is 0 Å². The molecule has 0 aliphatic rings. The van der Waals surface area contributed by atoms with Crippen LogP contribution in [0.2, 0.25) is 0 Å². The Hall–Kier alpha value is -1.51. The molecule has 1 rings (SSSR count). The lowest BCUT2D eigenvalue weighted by atomic mass is 10.2. The summed E-state index contributed by atoms with van der Waals surface area (Å²) in [6.45, 7) is 0. The Balaban J connectivity index is 3.14. The highest BCUT2D eigenvalue weighted by atomic mass is 16.5. The van der Waals surface area contributed by atoms with Crippen LogP contribution >= 0.6 is 0 Å². The van der Waals surface area contributed by atoms with Gasteiger partial charge in [0, 0.05) is 31.4 Å². The summed E-state index contributed by atoms with van der Waals surface area (Å²) < 4.78 is 5.06. The first-order chi connectivity index (χ1) is 6.17. The van der Waals surface area contributed by atoms with Crippen molar-refractivity contribution in [1.29, 1.82) is 0 Å². The zero-order valence-corrected chi connectivity index (χ0v) is 8.07. The molecule has 0 aromatic heterocycles. The second-order valence-corrected chi connectivity index (χ2v) is 2.98. The zero-order chi connectivity index (χ0) is 9.84. The zero-order valence-electron chi connectivity index (χ0n) is 8.07. The van der Waals surface area contributed by atoms with Gasteiger partial charge in [-0.2, -0.15) is 0 Å². The number of ether oxygens (including phenoxy) is 1. The Morgan fingerprint density at radius 3 is 2.46 bits per heavy atom. The maximum Gasteiger partial charge on any atom is 0.150 e. The third kappa shape index (κ3) is 2.21. The Bertz CT molecular complexity index is 308. The maximum absolute atomic E-state index is 10.6. The minimum absolute atomic E-state index is 0.628. The summed E-state index contributed by atoms with van der Waals surface area (Å²) in [6, 6.07) is 5.41. The highest BCUT2D eigenvalue weighted by molar-refractivity contribution is 5.78. The Kier molecular flexibility index (Phi) is 2.90. The monoisotopic (exact) mass is 179 g/mol. The molecule has 0 aliphatic carbocycles. The lowest BCUT2D eigenvalue weighted by molar-refractivity contribution is 0.112. The van der Waals surface area contributed by atoms with Crippen LogP contribution in [0, 0.1) is 0 Å². The summed E-state index contributed by atoms with van der Waals surface area (Å²) in [7, 11) is 5.43. The summed E-state index contributed by atoms with van der Waals surface area (Å²) >= 11 is 0. The number of benzene rings is 1. The molecule has 1 aromatic rings. The second-order valence-electron chi connectivity index (χ2n) is 2.98. The quantitative estimate of drug-likeness (QED) is 0.660. The molecule has 0 spiro atoms. The van der Waals surface area contributed by atoms with Gasteiger partial charge >= 0.3 is 0 Å². The molecule has 0 unspecified atom stereocenters. The van der Waals surface area contributed by atoms with Gasteiger partial charge in [0.25, 0.3) is 0 Å². The maximum atomic E-state index is 10.6. The fraction of sp³-hybridized carbons (Fsp3) is 0.300. The van der Waals surface area contributed by atoms with Crippen LogP contribution in [0.3, 0.4) is 0 Å². The van der Waals surface area contributed by atoms with Crippen molar-refractivity contribution in [2.75, 3.05) is 26.1 Å². The number of hydrogen-bond donors (Lipinski definition) is 0. The highest BCUT2D eigenvalue weighted by Gasteiger charge is 2.01. The number of methoxy groups -OCH3 is 1. The van der Waals surface area contributed by atoms with Gasteiger partial charge in [0.2, 0.25) is 0 Å². The number of rotatable bonds is 3. The number of carbonyl (C=O) groups is 1. The van der Waals surface area contributed by atoms with E-state index >= 15 is 0 Å². The summed E-state index contributed by atoms with van der Waals surface area (Å²) in [5, 5.41) is 0. The van der Waals surface area contributed by atoms with E-state index in [0.717, 1.165) is 12.0 Å². The van der Waals surface area contributed by atoms with E-state index in [-0.39, 0.29) is 0 Å². The normalized spacial score (nSPS) is 9.46. The van der Waals surface area contributed by atoms with Crippen molar-refractivity contribution in [1.82, 2.24) is 0 Å². The van der Waals surface area contributed by atoms with Gasteiger partial charge < -0.3 is 9.64 Å². The first-order valence-electron chi connectivity index (χ1n) is 3.99. The third-order valence-electron chi connectivity index (χ3n) is 1.80. The molecule has 0 heterocycles. The van der Waals surface area contributed by atoms with Crippen molar-refractivity contribution in [3.63, 3.8) is 0 Å². The van der Waals surface area contributed by atoms with Gasteiger partial charge in [-0.25, -0.2) is 0 Å². The van der Waals surface area contributed by atoms with Crippen molar-refractivity contribution < 1.29 is 9.53 Å². The standard InChI is InChI=1S/C10H13NO2/c1-11(2)9-4-8(7-12)5-10(6-9)13-3/h4-7H,1-3H3. The van der Waals surface area contributed by atoms with Crippen LogP contribution in [-0.2, 0) is 0 Å². The first kappa shape index (κ1) is 9.58. The predicted octanol–water partition coefficient (Wildman–Crippen LogP) is 1.57. The molecule has 1 aromatic carbocycles. The minimum atomic E-state index is 0.628. The molecule has 0 saturated carbocycles. The summed E-state index contributed by atoms with van der Waals surface area (Å²) in [4.78, 5) is 12.5.